The van der Waals surface area contributed by atoms with E-state index in [1.807, 2.05) is 0 Å². The molecule has 1 N–H and O–H groups in total. The molecule has 0 spiro atoms. The second-order valence-corrected chi connectivity index (χ2v) is 9.75. The molecule has 2 heterocycles. The Morgan fingerprint density at radius 1 is 0.865 bits per heavy atom. The number of nitrogens with one attached hydrogen (secondary N) is 1. The zero-order chi connectivity index (χ0) is 26.5. The number of nitrogens with zero attached hydrogens (tertiary/aromatic N) is 3. The van der Waals surface area contributed by atoms with E-state index in [1.165, 1.54) is 18.6 Å². The van der Waals surface area contributed by atoms with Gasteiger partial charge in [-0.3, -0.25) is 4.72 Å². The minimum Gasteiger partial charge on any atom is -0.489 e. The van der Waals surface area contributed by atoms with Gasteiger partial charge >= 0.3 is 6.18 Å². The van der Waals surface area contributed by atoms with Crippen molar-refractivity contribution in [2.45, 2.75) is 19.4 Å². The third-order valence-corrected chi connectivity index (χ3v) is 5.55. The van der Waals surface area contributed by atoms with Crippen LogP contribution in [0.4, 0.5) is 18.9 Å². The van der Waals surface area contributed by atoms with Crippen LogP contribution in [0.1, 0.15) is 16.7 Å². The maximum Gasteiger partial charge on any atom is 0.416 e. The van der Waals surface area contributed by atoms with Gasteiger partial charge in [0.2, 0.25) is 15.9 Å². The van der Waals surface area contributed by atoms with Crippen molar-refractivity contribution in [3.05, 3.63) is 96.2 Å². The van der Waals surface area contributed by atoms with Crippen molar-refractivity contribution in [3.8, 4) is 22.8 Å². The Morgan fingerprint density at radius 3 is 2.32 bits per heavy atom. The molecule has 0 saturated carbocycles. The second-order valence-electron chi connectivity index (χ2n) is 8.00. The molecule has 0 fully saturated rings. The van der Waals surface area contributed by atoms with Gasteiger partial charge in [-0.15, -0.1) is 0 Å². The standard InChI is InChI=1S/C25H21F3N4O4S/c1-37(33,34)32-23-10-20(13-31-24(23)36-15-18-11-29-16-30-12-18)19-5-3-7-22(9-19)35-14-17-4-2-6-21(8-17)25(26,27)28/h2-13,16,32H,14-15H2,1H3. The SMILES string of the molecule is CS(=O)(=O)Nc1cc(-c2cccc(OCc3cccc(C(F)(F)F)c3)c2)cnc1OCc1cncnc1. The number of hydrogen-bond acceptors (Lipinski definition) is 7. The number of benzene rings is 2. The summed E-state index contributed by atoms with van der Waals surface area (Å²) in [5.74, 6) is 0.479. The highest BCUT2D eigenvalue weighted by molar-refractivity contribution is 7.92. The normalized spacial score (nSPS) is 11.7. The second kappa shape index (κ2) is 10.8. The zero-order valence-electron chi connectivity index (χ0n) is 19.4. The maximum absolute atomic E-state index is 13.0. The summed E-state index contributed by atoms with van der Waals surface area (Å²) < 4.78 is 76.6. The quantitative estimate of drug-likeness (QED) is 0.322. The topological polar surface area (TPSA) is 103 Å². The van der Waals surface area contributed by atoms with Crippen molar-refractivity contribution in [2.24, 2.45) is 0 Å². The lowest BCUT2D eigenvalue weighted by atomic mass is 10.1. The van der Waals surface area contributed by atoms with Crippen LogP contribution >= 0.6 is 0 Å². The summed E-state index contributed by atoms with van der Waals surface area (Å²) in [4.78, 5) is 12.1. The zero-order valence-corrected chi connectivity index (χ0v) is 20.3. The van der Waals surface area contributed by atoms with Crippen LogP contribution < -0.4 is 14.2 Å². The van der Waals surface area contributed by atoms with Crippen molar-refractivity contribution in [1.29, 1.82) is 0 Å². The van der Waals surface area contributed by atoms with E-state index in [2.05, 4.69) is 19.7 Å². The molecular formula is C25H21F3N4O4S. The lowest BCUT2D eigenvalue weighted by Gasteiger charge is -2.14. The molecule has 0 aliphatic heterocycles. The highest BCUT2D eigenvalue weighted by atomic mass is 32.2. The first-order valence-corrected chi connectivity index (χ1v) is 12.7. The first-order valence-electron chi connectivity index (χ1n) is 10.8. The molecule has 0 unspecified atom stereocenters. The van der Waals surface area contributed by atoms with Crippen LogP contribution in [0.5, 0.6) is 11.6 Å². The van der Waals surface area contributed by atoms with E-state index < -0.39 is 21.8 Å². The molecule has 0 aliphatic carbocycles. The fraction of sp³-hybridized carbons (Fsp3) is 0.160. The van der Waals surface area contributed by atoms with Gasteiger partial charge in [0.15, 0.2) is 0 Å². The smallest absolute Gasteiger partial charge is 0.416 e. The lowest BCUT2D eigenvalue weighted by molar-refractivity contribution is -0.137. The third kappa shape index (κ3) is 7.40. The Kier molecular flexibility index (Phi) is 7.58. The van der Waals surface area contributed by atoms with Gasteiger partial charge in [-0.05, 0) is 41.5 Å². The largest absolute Gasteiger partial charge is 0.489 e. The molecule has 37 heavy (non-hydrogen) atoms. The number of hydrogen-bond donors (Lipinski definition) is 1. The van der Waals surface area contributed by atoms with Crippen molar-refractivity contribution < 1.29 is 31.1 Å². The Labute approximate surface area is 211 Å². The summed E-state index contributed by atoms with van der Waals surface area (Å²) in [7, 11) is -3.64. The van der Waals surface area contributed by atoms with E-state index in [1.54, 1.807) is 48.8 Å². The van der Waals surface area contributed by atoms with Gasteiger partial charge in [-0.25, -0.2) is 23.4 Å². The highest BCUT2D eigenvalue weighted by Crippen LogP contribution is 2.32. The van der Waals surface area contributed by atoms with Crippen molar-refractivity contribution in [3.63, 3.8) is 0 Å². The Hall–Kier alpha value is -4.19. The van der Waals surface area contributed by atoms with E-state index in [4.69, 9.17) is 9.47 Å². The van der Waals surface area contributed by atoms with Gasteiger partial charge in [0.05, 0.1) is 11.8 Å². The van der Waals surface area contributed by atoms with Gasteiger partial charge in [-0.1, -0.05) is 24.3 Å². The van der Waals surface area contributed by atoms with E-state index in [-0.39, 0.29) is 24.8 Å². The fourth-order valence-corrected chi connectivity index (χ4v) is 3.87. The monoisotopic (exact) mass is 530 g/mol. The summed E-state index contributed by atoms with van der Waals surface area (Å²) in [6.07, 6.45) is 2.59. The lowest BCUT2D eigenvalue weighted by Crippen LogP contribution is -2.12. The summed E-state index contributed by atoms with van der Waals surface area (Å²) >= 11 is 0. The van der Waals surface area contributed by atoms with Crippen LogP contribution in [-0.2, 0) is 29.4 Å². The van der Waals surface area contributed by atoms with Crippen molar-refractivity contribution >= 4 is 15.7 Å². The Bertz CT molecular complexity index is 1480. The van der Waals surface area contributed by atoms with Gasteiger partial charge in [0.25, 0.3) is 0 Å². The molecule has 192 valence electrons. The maximum atomic E-state index is 13.0. The van der Waals surface area contributed by atoms with Crippen LogP contribution in [0.15, 0.2) is 79.5 Å². The fourth-order valence-electron chi connectivity index (χ4n) is 3.32. The van der Waals surface area contributed by atoms with Crippen LogP contribution in [0.2, 0.25) is 0 Å². The van der Waals surface area contributed by atoms with E-state index in [9.17, 15) is 21.6 Å². The van der Waals surface area contributed by atoms with E-state index in [0.29, 0.717) is 28.0 Å². The summed E-state index contributed by atoms with van der Waals surface area (Å²) in [6.45, 7) is 0.00692. The van der Waals surface area contributed by atoms with Gasteiger partial charge in [0, 0.05) is 29.7 Å². The molecule has 12 heteroatoms. The first kappa shape index (κ1) is 25.9. The van der Waals surface area contributed by atoms with Crippen LogP contribution in [0, 0.1) is 0 Å². The predicted octanol–water partition coefficient (Wildman–Crippen LogP) is 5.09. The molecule has 0 bridgehead atoms. The van der Waals surface area contributed by atoms with E-state index >= 15 is 0 Å². The third-order valence-electron chi connectivity index (χ3n) is 4.96. The average Bonchev–Trinajstić information content (AvgIpc) is 2.86. The van der Waals surface area contributed by atoms with Crippen molar-refractivity contribution in [2.75, 3.05) is 11.0 Å². The van der Waals surface area contributed by atoms with Gasteiger partial charge < -0.3 is 9.47 Å². The number of alkyl halides is 3. The first-order chi connectivity index (χ1) is 17.6. The molecule has 8 nitrogen and oxygen atoms in total. The van der Waals surface area contributed by atoms with Crippen LogP contribution in [0.3, 0.4) is 0 Å². The minimum absolute atomic E-state index is 0.0648. The number of pyridine rings is 1. The molecule has 0 aliphatic rings. The molecular weight excluding hydrogens is 509 g/mol. The number of anilines is 1. The summed E-state index contributed by atoms with van der Waals surface area (Å²) in [5, 5.41) is 0. The summed E-state index contributed by atoms with van der Waals surface area (Å²) in [5.41, 5.74) is 1.63. The Balaban J connectivity index is 1.54. The number of ether oxygens (including phenoxy) is 2. The predicted molar refractivity (Wildman–Crippen MR) is 130 cm³/mol. The summed E-state index contributed by atoms with van der Waals surface area (Å²) in [6, 6.07) is 13.3. The number of halogens is 3. The molecule has 0 saturated heterocycles. The minimum atomic E-state index is -4.44. The van der Waals surface area contributed by atoms with Gasteiger partial charge in [0.1, 0.15) is 31.0 Å². The molecule has 0 atom stereocenters. The van der Waals surface area contributed by atoms with Crippen molar-refractivity contribution in [1.82, 2.24) is 15.0 Å². The van der Waals surface area contributed by atoms with Crippen LogP contribution in [-0.4, -0.2) is 29.6 Å². The Morgan fingerprint density at radius 2 is 1.59 bits per heavy atom. The molecule has 4 aromatic rings. The number of rotatable bonds is 9. The molecule has 0 radical (unpaired) electrons. The number of sulfonamides is 1. The molecule has 2 aromatic carbocycles. The van der Waals surface area contributed by atoms with E-state index in [0.717, 1.165) is 18.4 Å². The molecule has 4 rings (SSSR count). The van der Waals surface area contributed by atoms with Crippen LogP contribution in [0.25, 0.3) is 11.1 Å². The number of aromatic nitrogens is 3. The average molecular weight is 531 g/mol. The molecule has 0 amide bonds. The highest BCUT2D eigenvalue weighted by Gasteiger charge is 2.30. The molecule has 2 aromatic heterocycles. The van der Waals surface area contributed by atoms with Gasteiger partial charge in [-0.2, -0.15) is 13.2 Å².